The highest BCUT2D eigenvalue weighted by atomic mass is 19.3. The number of alkyl halides is 2. The van der Waals surface area contributed by atoms with Crippen molar-refractivity contribution in [3.63, 3.8) is 0 Å². The van der Waals surface area contributed by atoms with E-state index in [1.807, 2.05) is 37.3 Å². The molecule has 0 aliphatic carbocycles. The van der Waals surface area contributed by atoms with E-state index < -0.39 is 25.2 Å². The molecule has 0 fully saturated rings. The molecule has 0 spiro atoms. The van der Waals surface area contributed by atoms with Gasteiger partial charge in [-0.05, 0) is 26.3 Å². The Morgan fingerprint density at radius 1 is 1.23 bits per heavy atom. The van der Waals surface area contributed by atoms with Gasteiger partial charge in [-0.2, -0.15) is 0 Å². The summed E-state index contributed by atoms with van der Waals surface area (Å²) in [6.07, 6.45) is -2.95. The number of benzene rings is 1. The van der Waals surface area contributed by atoms with E-state index in [9.17, 15) is 19.0 Å². The Labute approximate surface area is 178 Å². The van der Waals surface area contributed by atoms with Crippen LogP contribution in [-0.2, 0) is 6.61 Å². The number of hydrogen-bond donors (Lipinski definition) is 5. The van der Waals surface area contributed by atoms with E-state index in [1.165, 1.54) is 0 Å². The van der Waals surface area contributed by atoms with Crippen LogP contribution in [0, 0.1) is 0 Å². The summed E-state index contributed by atoms with van der Waals surface area (Å²) in [5.41, 5.74) is 0.621. The van der Waals surface area contributed by atoms with Gasteiger partial charge in [0.25, 0.3) is 6.43 Å². The molecule has 2 heterocycles. The molecular weight excluding hydrogens is 408 g/mol. The fourth-order valence-electron chi connectivity index (χ4n) is 3.39. The van der Waals surface area contributed by atoms with Crippen LogP contribution >= 0.6 is 0 Å². The number of aromatic nitrogens is 3. The van der Waals surface area contributed by atoms with Crippen LogP contribution in [0.2, 0.25) is 0 Å². The van der Waals surface area contributed by atoms with Gasteiger partial charge in [0.1, 0.15) is 5.82 Å². The number of ether oxygens (including phenoxy) is 1. The fraction of sp³-hybridized carbons (Fsp3) is 0.429. The predicted molar refractivity (Wildman–Crippen MR) is 113 cm³/mol. The number of pyridine rings is 1. The quantitative estimate of drug-likeness (QED) is 0.311. The molecule has 2 atom stereocenters. The van der Waals surface area contributed by atoms with Crippen LogP contribution in [0.4, 0.5) is 14.6 Å². The zero-order valence-corrected chi connectivity index (χ0v) is 17.6. The molecule has 5 N–H and O–H groups in total. The number of aromatic amines is 1. The fourth-order valence-corrected chi connectivity index (χ4v) is 3.39. The lowest BCUT2D eigenvalue weighted by molar-refractivity contribution is 0.0342. The van der Waals surface area contributed by atoms with Gasteiger partial charge in [0, 0.05) is 6.07 Å². The lowest BCUT2D eigenvalue weighted by atomic mass is 9.91. The van der Waals surface area contributed by atoms with Gasteiger partial charge in [-0.25, -0.2) is 13.8 Å². The van der Waals surface area contributed by atoms with E-state index in [0.717, 1.165) is 5.56 Å². The van der Waals surface area contributed by atoms with Crippen molar-refractivity contribution in [1.29, 1.82) is 0 Å². The first-order valence-corrected chi connectivity index (χ1v) is 9.88. The minimum atomic E-state index is -2.64. The van der Waals surface area contributed by atoms with Crippen molar-refractivity contribution in [2.45, 2.75) is 51.6 Å². The number of aliphatic hydroxyl groups excluding tert-OH is 1. The standard InChI is InChI=1S/C21H27F2N5O3/c1-12(25-19(21(2,3)30)13-7-5-4-6-8-13)24-17-9-14-18(15(10-29)26-17)20(28-27-14)31-11-16(22)23/h4-9,12,16,19,25,29-30H,10-11H2,1-3H3,(H,24,26)(H,27,28). The molecule has 168 valence electrons. The second-order valence-corrected chi connectivity index (χ2v) is 7.80. The maximum atomic E-state index is 12.5. The van der Waals surface area contributed by atoms with Crippen molar-refractivity contribution < 1.29 is 23.7 Å². The lowest BCUT2D eigenvalue weighted by Crippen LogP contribution is -2.46. The molecule has 0 radical (unpaired) electrons. The molecule has 0 saturated carbocycles. The molecule has 0 saturated heterocycles. The zero-order valence-electron chi connectivity index (χ0n) is 17.6. The summed E-state index contributed by atoms with van der Waals surface area (Å²) in [6.45, 7) is 4.10. The van der Waals surface area contributed by atoms with Gasteiger partial charge in [0.2, 0.25) is 5.88 Å². The van der Waals surface area contributed by atoms with E-state index in [2.05, 4.69) is 25.8 Å². The highest BCUT2D eigenvalue weighted by molar-refractivity contribution is 5.88. The number of fused-ring (bicyclic) bond motifs is 1. The number of hydrogen-bond acceptors (Lipinski definition) is 7. The van der Waals surface area contributed by atoms with Gasteiger partial charge in [0.05, 0.1) is 41.0 Å². The number of nitrogens with one attached hydrogen (secondary N) is 3. The third kappa shape index (κ3) is 5.66. The zero-order chi connectivity index (χ0) is 22.6. The van der Waals surface area contributed by atoms with Crippen LogP contribution in [0.5, 0.6) is 5.88 Å². The summed E-state index contributed by atoms with van der Waals surface area (Å²) >= 11 is 0. The number of aliphatic hydroxyl groups is 2. The largest absolute Gasteiger partial charge is 0.470 e. The Kier molecular flexibility index (Phi) is 7.04. The Balaban J connectivity index is 1.80. The third-order valence-electron chi connectivity index (χ3n) is 4.70. The molecule has 0 aliphatic heterocycles. The maximum absolute atomic E-state index is 12.5. The topological polar surface area (TPSA) is 115 Å². The Morgan fingerprint density at radius 2 is 1.94 bits per heavy atom. The van der Waals surface area contributed by atoms with E-state index in [1.54, 1.807) is 19.9 Å². The maximum Gasteiger partial charge on any atom is 0.272 e. The smallest absolute Gasteiger partial charge is 0.272 e. The molecule has 0 amide bonds. The molecule has 2 aromatic heterocycles. The lowest BCUT2D eigenvalue weighted by Gasteiger charge is -2.33. The minimum Gasteiger partial charge on any atom is -0.470 e. The van der Waals surface area contributed by atoms with Crippen LogP contribution < -0.4 is 15.4 Å². The molecule has 8 nitrogen and oxygen atoms in total. The summed E-state index contributed by atoms with van der Waals surface area (Å²) in [4.78, 5) is 4.37. The minimum absolute atomic E-state index is 0.0317. The van der Waals surface area contributed by atoms with E-state index in [4.69, 9.17) is 4.74 Å². The highest BCUT2D eigenvalue weighted by Crippen LogP contribution is 2.29. The molecule has 3 aromatic rings. The van der Waals surface area contributed by atoms with Crippen LogP contribution in [0.25, 0.3) is 10.9 Å². The van der Waals surface area contributed by atoms with Crippen molar-refractivity contribution in [2.24, 2.45) is 0 Å². The Hall–Kier alpha value is -2.82. The van der Waals surface area contributed by atoms with Crippen LogP contribution in [0.3, 0.4) is 0 Å². The van der Waals surface area contributed by atoms with Gasteiger partial charge in [-0.3, -0.25) is 10.4 Å². The number of halogens is 2. The van der Waals surface area contributed by atoms with E-state index >= 15 is 0 Å². The molecule has 31 heavy (non-hydrogen) atoms. The number of rotatable bonds is 10. The van der Waals surface area contributed by atoms with Crippen LogP contribution in [0.1, 0.15) is 38.1 Å². The first-order valence-electron chi connectivity index (χ1n) is 9.88. The number of nitrogens with zero attached hydrogens (tertiary/aromatic N) is 2. The van der Waals surface area contributed by atoms with Crippen molar-refractivity contribution in [3.05, 3.63) is 47.7 Å². The number of anilines is 1. The van der Waals surface area contributed by atoms with Gasteiger partial charge >= 0.3 is 0 Å². The van der Waals surface area contributed by atoms with E-state index in [0.29, 0.717) is 16.7 Å². The summed E-state index contributed by atoms with van der Waals surface area (Å²) < 4.78 is 29.9. The van der Waals surface area contributed by atoms with Gasteiger partial charge < -0.3 is 20.3 Å². The van der Waals surface area contributed by atoms with Crippen molar-refractivity contribution in [3.8, 4) is 5.88 Å². The van der Waals surface area contributed by atoms with Crippen molar-refractivity contribution in [2.75, 3.05) is 11.9 Å². The van der Waals surface area contributed by atoms with Crippen LogP contribution in [-0.4, -0.2) is 50.2 Å². The predicted octanol–water partition coefficient (Wildman–Crippen LogP) is 2.95. The first-order chi connectivity index (χ1) is 14.7. The highest BCUT2D eigenvalue weighted by Gasteiger charge is 2.29. The summed E-state index contributed by atoms with van der Waals surface area (Å²) in [6, 6.07) is 10.9. The normalized spacial score (nSPS) is 14.1. The SMILES string of the molecule is CC(Nc1cc2[nH]nc(OCC(F)F)c2c(CO)n1)NC(c1ccccc1)C(C)(C)O. The van der Waals surface area contributed by atoms with Gasteiger partial charge in [-0.1, -0.05) is 30.3 Å². The average Bonchev–Trinajstić information content (AvgIpc) is 3.12. The Morgan fingerprint density at radius 3 is 2.55 bits per heavy atom. The average molecular weight is 435 g/mol. The molecule has 0 aliphatic rings. The third-order valence-corrected chi connectivity index (χ3v) is 4.70. The second kappa shape index (κ2) is 9.54. The number of H-pyrrole nitrogens is 1. The molecule has 3 rings (SSSR count). The van der Waals surface area contributed by atoms with Crippen molar-refractivity contribution in [1.82, 2.24) is 20.5 Å². The van der Waals surface area contributed by atoms with Gasteiger partial charge in [-0.15, -0.1) is 5.10 Å². The van der Waals surface area contributed by atoms with E-state index in [-0.39, 0.29) is 23.8 Å². The summed E-state index contributed by atoms with van der Waals surface area (Å²) in [5.74, 6) is 0.402. The summed E-state index contributed by atoms with van der Waals surface area (Å²) in [5, 5.41) is 33.9. The second-order valence-electron chi connectivity index (χ2n) is 7.80. The first kappa shape index (κ1) is 22.9. The van der Waals surface area contributed by atoms with Crippen LogP contribution in [0.15, 0.2) is 36.4 Å². The molecular formula is C21H27F2N5O3. The molecule has 1 aromatic carbocycles. The van der Waals surface area contributed by atoms with Gasteiger partial charge in [0.15, 0.2) is 6.61 Å². The Bertz CT molecular complexity index is 992. The molecule has 0 bridgehead atoms. The summed E-state index contributed by atoms with van der Waals surface area (Å²) in [7, 11) is 0. The van der Waals surface area contributed by atoms with Crippen molar-refractivity contribution >= 4 is 16.7 Å². The molecule has 10 heteroatoms. The molecule has 2 unspecified atom stereocenters. The monoisotopic (exact) mass is 435 g/mol.